The van der Waals surface area contributed by atoms with Crippen molar-refractivity contribution in [3.63, 3.8) is 0 Å². The third-order valence-corrected chi connectivity index (χ3v) is 4.08. The summed E-state index contributed by atoms with van der Waals surface area (Å²) in [6, 6.07) is 13.2. The molecule has 0 spiro atoms. The minimum absolute atomic E-state index is 0.352. The molecule has 0 radical (unpaired) electrons. The molecule has 1 aromatic carbocycles. The number of pyridine rings is 1. The fourth-order valence-electron chi connectivity index (χ4n) is 1.92. The Hall–Kier alpha value is -1.32. The highest BCUT2D eigenvalue weighted by Crippen LogP contribution is 2.24. The highest BCUT2D eigenvalue weighted by Gasteiger charge is 2.10. The van der Waals surface area contributed by atoms with Crippen molar-refractivity contribution in [2.24, 2.45) is 0 Å². The molecule has 0 aliphatic rings. The summed E-state index contributed by atoms with van der Waals surface area (Å²) in [5.74, 6) is 1.02. The Bertz CT molecular complexity index is 482. The zero-order valence-electron chi connectivity index (χ0n) is 11.5. The van der Waals surface area contributed by atoms with E-state index < -0.39 is 0 Å². The molecule has 0 saturated carbocycles. The zero-order valence-corrected chi connectivity index (χ0v) is 12.3. The molecule has 0 bridgehead atoms. The van der Waals surface area contributed by atoms with Crippen molar-refractivity contribution >= 4 is 11.8 Å². The van der Waals surface area contributed by atoms with Crippen molar-refractivity contribution in [3.05, 3.63) is 59.9 Å². The average Bonchev–Trinajstić information content (AvgIpc) is 2.46. The van der Waals surface area contributed by atoms with Gasteiger partial charge in [-0.25, -0.2) is 0 Å². The first-order valence-corrected chi connectivity index (χ1v) is 7.61. The molecule has 0 aliphatic heterocycles. The smallest absolute Gasteiger partial charge is 0.0430 e. The van der Waals surface area contributed by atoms with Gasteiger partial charge in [0.25, 0.3) is 0 Å². The third kappa shape index (κ3) is 4.37. The second kappa shape index (κ2) is 7.31. The molecule has 2 nitrogen and oxygen atoms in total. The lowest BCUT2D eigenvalue weighted by atomic mass is 10.1. The van der Waals surface area contributed by atoms with Crippen LogP contribution in [0.5, 0.6) is 0 Å². The highest BCUT2D eigenvalue weighted by atomic mass is 32.2. The van der Waals surface area contributed by atoms with E-state index in [1.54, 1.807) is 0 Å². The molecule has 1 aromatic heterocycles. The Morgan fingerprint density at radius 1 is 1.21 bits per heavy atom. The first kappa shape index (κ1) is 14.1. The van der Waals surface area contributed by atoms with Crippen molar-refractivity contribution in [2.75, 3.05) is 12.3 Å². The lowest BCUT2D eigenvalue weighted by molar-refractivity contribution is 0.604. The highest BCUT2D eigenvalue weighted by molar-refractivity contribution is 7.99. The van der Waals surface area contributed by atoms with E-state index >= 15 is 0 Å². The first-order chi connectivity index (χ1) is 9.29. The molecule has 0 amide bonds. The van der Waals surface area contributed by atoms with Gasteiger partial charge in [0.2, 0.25) is 0 Å². The molecule has 0 fully saturated rings. The van der Waals surface area contributed by atoms with Gasteiger partial charge < -0.3 is 5.32 Å². The Morgan fingerprint density at radius 2 is 2.00 bits per heavy atom. The summed E-state index contributed by atoms with van der Waals surface area (Å²) in [6.45, 7) is 5.22. The maximum Gasteiger partial charge on any atom is 0.0430 e. The molecule has 3 heteroatoms. The first-order valence-electron chi connectivity index (χ1n) is 6.62. The van der Waals surface area contributed by atoms with Gasteiger partial charge in [0, 0.05) is 29.1 Å². The molecule has 1 N–H and O–H groups in total. The summed E-state index contributed by atoms with van der Waals surface area (Å²) in [5, 5.41) is 3.52. The van der Waals surface area contributed by atoms with Crippen molar-refractivity contribution in [1.29, 1.82) is 0 Å². The summed E-state index contributed by atoms with van der Waals surface area (Å²) < 4.78 is 0. The van der Waals surface area contributed by atoms with Crippen LogP contribution in [0, 0.1) is 6.92 Å². The van der Waals surface area contributed by atoms with E-state index in [1.807, 2.05) is 30.2 Å². The lowest BCUT2D eigenvalue weighted by Crippen LogP contribution is -2.23. The maximum atomic E-state index is 4.21. The van der Waals surface area contributed by atoms with E-state index in [1.165, 1.54) is 16.0 Å². The Kier molecular flexibility index (Phi) is 5.43. The summed E-state index contributed by atoms with van der Waals surface area (Å²) in [5.41, 5.74) is 2.56. The van der Waals surface area contributed by atoms with Gasteiger partial charge >= 0.3 is 0 Å². The molecule has 0 aliphatic carbocycles. The average molecular weight is 272 g/mol. The van der Waals surface area contributed by atoms with E-state index in [4.69, 9.17) is 0 Å². The molecule has 1 unspecified atom stereocenters. The van der Waals surface area contributed by atoms with Crippen LogP contribution >= 0.6 is 11.8 Å². The second-order valence-corrected chi connectivity index (χ2v) is 5.61. The van der Waals surface area contributed by atoms with Crippen LogP contribution in [0.15, 0.2) is 53.7 Å². The maximum absolute atomic E-state index is 4.21. The van der Waals surface area contributed by atoms with Crippen LogP contribution in [-0.4, -0.2) is 17.3 Å². The second-order valence-electron chi connectivity index (χ2n) is 4.52. The molecule has 0 saturated heterocycles. The number of aryl methyl sites for hydroxylation is 1. The van der Waals surface area contributed by atoms with Crippen molar-refractivity contribution in [2.45, 2.75) is 24.8 Å². The van der Waals surface area contributed by atoms with E-state index in [9.17, 15) is 0 Å². The van der Waals surface area contributed by atoms with E-state index in [2.05, 4.69) is 54.5 Å². The normalized spacial score (nSPS) is 12.3. The van der Waals surface area contributed by atoms with Crippen LogP contribution in [0.4, 0.5) is 0 Å². The van der Waals surface area contributed by atoms with Gasteiger partial charge in [-0.3, -0.25) is 4.98 Å². The van der Waals surface area contributed by atoms with Gasteiger partial charge in [-0.15, -0.1) is 11.8 Å². The van der Waals surface area contributed by atoms with Crippen molar-refractivity contribution in [3.8, 4) is 0 Å². The van der Waals surface area contributed by atoms with Crippen LogP contribution in [0.2, 0.25) is 0 Å². The van der Waals surface area contributed by atoms with Crippen molar-refractivity contribution in [1.82, 2.24) is 10.3 Å². The Labute approximate surface area is 119 Å². The fourth-order valence-corrected chi connectivity index (χ4v) is 2.91. The topological polar surface area (TPSA) is 24.9 Å². The standard InChI is InChI=1S/C16H20N2S/c1-3-18-16(14-5-4-10-17-11-14)12-19-15-8-6-13(2)7-9-15/h4-11,16,18H,3,12H2,1-2H3. The lowest BCUT2D eigenvalue weighted by Gasteiger charge is -2.17. The quantitative estimate of drug-likeness (QED) is 0.809. The molecule has 100 valence electrons. The largest absolute Gasteiger partial charge is 0.309 e. The van der Waals surface area contributed by atoms with Gasteiger partial charge in [0.15, 0.2) is 0 Å². The molecule has 2 aromatic rings. The van der Waals surface area contributed by atoms with Crippen LogP contribution in [0.3, 0.4) is 0 Å². The Morgan fingerprint density at radius 3 is 2.63 bits per heavy atom. The fraction of sp³-hybridized carbons (Fsp3) is 0.312. The Balaban J connectivity index is 1.99. The van der Waals surface area contributed by atoms with Crippen LogP contribution in [-0.2, 0) is 0 Å². The number of benzene rings is 1. The summed E-state index contributed by atoms with van der Waals surface area (Å²) in [4.78, 5) is 5.52. The number of hydrogen-bond acceptors (Lipinski definition) is 3. The predicted molar refractivity (Wildman–Crippen MR) is 82.6 cm³/mol. The molecule has 1 heterocycles. The van der Waals surface area contributed by atoms with Gasteiger partial charge in [-0.05, 0) is 37.2 Å². The van der Waals surface area contributed by atoms with Gasteiger partial charge in [-0.1, -0.05) is 30.7 Å². The van der Waals surface area contributed by atoms with Gasteiger partial charge in [0.05, 0.1) is 0 Å². The molecule has 2 rings (SSSR count). The number of hydrogen-bond donors (Lipinski definition) is 1. The van der Waals surface area contributed by atoms with E-state index in [-0.39, 0.29) is 0 Å². The minimum atomic E-state index is 0.352. The van der Waals surface area contributed by atoms with Crippen LogP contribution in [0.1, 0.15) is 24.1 Å². The number of nitrogens with one attached hydrogen (secondary N) is 1. The zero-order chi connectivity index (χ0) is 13.5. The van der Waals surface area contributed by atoms with Crippen molar-refractivity contribution < 1.29 is 0 Å². The van der Waals surface area contributed by atoms with Gasteiger partial charge in [-0.2, -0.15) is 0 Å². The molecule has 1 atom stereocenters. The molecular formula is C16H20N2S. The van der Waals surface area contributed by atoms with E-state index in [0.29, 0.717) is 6.04 Å². The number of nitrogens with zero attached hydrogens (tertiary/aromatic N) is 1. The van der Waals surface area contributed by atoms with Gasteiger partial charge in [0.1, 0.15) is 0 Å². The third-order valence-electron chi connectivity index (χ3n) is 2.97. The summed E-state index contributed by atoms with van der Waals surface area (Å²) >= 11 is 1.88. The van der Waals surface area contributed by atoms with E-state index in [0.717, 1.165) is 12.3 Å². The van der Waals surface area contributed by atoms with Crippen LogP contribution < -0.4 is 5.32 Å². The number of thioether (sulfide) groups is 1. The number of rotatable bonds is 6. The van der Waals surface area contributed by atoms with Crippen LogP contribution in [0.25, 0.3) is 0 Å². The SMILES string of the molecule is CCNC(CSc1ccc(C)cc1)c1cccnc1. The summed E-state index contributed by atoms with van der Waals surface area (Å²) in [7, 11) is 0. The molecular weight excluding hydrogens is 252 g/mol. The number of aromatic nitrogens is 1. The summed E-state index contributed by atoms with van der Waals surface area (Å²) in [6.07, 6.45) is 3.77. The monoisotopic (exact) mass is 272 g/mol. The minimum Gasteiger partial charge on any atom is -0.309 e. The molecule has 19 heavy (non-hydrogen) atoms. The predicted octanol–water partition coefficient (Wildman–Crippen LogP) is 3.83.